The van der Waals surface area contributed by atoms with Gasteiger partial charge in [0, 0.05) is 13.1 Å². The fourth-order valence-corrected chi connectivity index (χ4v) is 3.20. The number of halogens is 1. The maximum Gasteiger partial charge on any atom is 0.0767 e. The van der Waals surface area contributed by atoms with Gasteiger partial charge in [-0.2, -0.15) is 5.10 Å². The molecule has 0 saturated carbocycles. The van der Waals surface area contributed by atoms with Crippen LogP contribution in [0.3, 0.4) is 0 Å². The van der Waals surface area contributed by atoms with E-state index < -0.39 is 0 Å². The van der Waals surface area contributed by atoms with E-state index in [2.05, 4.69) is 76.1 Å². The lowest BCUT2D eigenvalue weighted by Crippen LogP contribution is -2.19. The van der Waals surface area contributed by atoms with Crippen LogP contribution in [0, 0.1) is 6.92 Å². The first-order valence-electron chi connectivity index (χ1n) is 7.66. The van der Waals surface area contributed by atoms with Crippen molar-refractivity contribution in [1.82, 2.24) is 15.1 Å². The predicted molar refractivity (Wildman–Crippen MR) is 91.6 cm³/mol. The van der Waals surface area contributed by atoms with Crippen molar-refractivity contribution in [3.8, 4) is 0 Å². The SMILES string of the molecule is CCc1nn(CC)c(CNCCc2cccc(C)c2)c1Br. The van der Waals surface area contributed by atoms with Crippen LogP contribution in [-0.4, -0.2) is 16.3 Å². The number of hydrogen-bond donors (Lipinski definition) is 1. The third-order valence-corrected chi connectivity index (χ3v) is 4.57. The van der Waals surface area contributed by atoms with E-state index in [-0.39, 0.29) is 0 Å². The second-order valence-corrected chi connectivity index (χ2v) is 6.09. The van der Waals surface area contributed by atoms with Crippen LogP contribution in [0.4, 0.5) is 0 Å². The van der Waals surface area contributed by atoms with E-state index in [1.807, 2.05) is 0 Å². The first-order chi connectivity index (χ1) is 10.2. The molecule has 1 aromatic carbocycles. The summed E-state index contributed by atoms with van der Waals surface area (Å²) in [4.78, 5) is 0. The maximum absolute atomic E-state index is 4.63. The predicted octanol–water partition coefficient (Wildman–Crippen LogP) is 3.87. The number of aromatic nitrogens is 2. The third kappa shape index (κ3) is 4.17. The first kappa shape index (κ1) is 16.2. The van der Waals surface area contributed by atoms with Crippen LogP contribution < -0.4 is 5.32 Å². The van der Waals surface area contributed by atoms with Gasteiger partial charge in [0.15, 0.2) is 0 Å². The Morgan fingerprint density at radius 1 is 1.29 bits per heavy atom. The van der Waals surface area contributed by atoms with E-state index in [9.17, 15) is 0 Å². The molecule has 0 aliphatic carbocycles. The topological polar surface area (TPSA) is 29.9 Å². The van der Waals surface area contributed by atoms with Gasteiger partial charge in [-0.3, -0.25) is 4.68 Å². The minimum Gasteiger partial charge on any atom is -0.311 e. The van der Waals surface area contributed by atoms with Gasteiger partial charge >= 0.3 is 0 Å². The second-order valence-electron chi connectivity index (χ2n) is 5.29. The summed E-state index contributed by atoms with van der Waals surface area (Å²) in [6.07, 6.45) is 2.02. The number of aryl methyl sites for hydroxylation is 3. The molecule has 0 fully saturated rings. The number of nitrogens with one attached hydrogen (secondary N) is 1. The van der Waals surface area contributed by atoms with E-state index in [0.717, 1.165) is 42.6 Å². The summed E-state index contributed by atoms with van der Waals surface area (Å²) in [5.41, 5.74) is 5.11. The molecule has 0 unspecified atom stereocenters. The zero-order chi connectivity index (χ0) is 15.2. The van der Waals surface area contributed by atoms with Crippen molar-refractivity contribution >= 4 is 15.9 Å². The molecule has 1 aromatic heterocycles. The molecule has 2 rings (SSSR count). The molecule has 1 N–H and O–H groups in total. The molecular formula is C17H24BrN3. The molecule has 0 radical (unpaired) electrons. The van der Waals surface area contributed by atoms with Crippen LogP contribution in [-0.2, 0) is 25.9 Å². The molecule has 0 bridgehead atoms. The number of benzene rings is 1. The van der Waals surface area contributed by atoms with Crippen LogP contribution in [0.15, 0.2) is 28.7 Å². The maximum atomic E-state index is 4.63. The monoisotopic (exact) mass is 349 g/mol. The Bertz CT molecular complexity index is 590. The molecule has 0 spiro atoms. The third-order valence-electron chi connectivity index (χ3n) is 3.66. The van der Waals surface area contributed by atoms with Crippen molar-refractivity contribution in [2.75, 3.05) is 6.54 Å². The second kappa shape index (κ2) is 7.76. The fourth-order valence-electron chi connectivity index (χ4n) is 2.49. The van der Waals surface area contributed by atoms with Gasteiger partial charge in [-0.1, -0.05) is 36.8 Å². The van der Waals surface area contributed by atoms with Crippen molar-refractivity contribution in [3.63, 3.8) is 0 Å². The number of rotatable bonds is 7. The highest BCUT2D eigenvalue weighted by Crippen LogP contribution is 2.22. The molecule has 0 saturated heterocycles. The summed E-state index contributed by atoms with van der Waals surface area (Å²) >= 11 is 3.69. The van der Waals surface area contributed by atoms with Crippen molar-refractivity contribution in [2.45, 2.75) is 46.7 Å². The van der Waals surface area contributed by atoms with Crippen molar-refractivity contribution in [1.29, 1.82) is 0 Å². The van der Waals surface area contributed by atoms with Gasteiger partial charge in [0.05, 0.1) is 15.9 Å². The van der Waals surface area contributed by atoms with Crippen LogP contribution in [0.5, 0.6) is 0 Å². The highest BCUT2D eigenvalue weighted by atomic mass is 79.9. The van der Waals surface area contributed by atoms with E-state index in [1.165, 1.54) is 16.8 Å². The average Bonchev–Trinajstić information content (AvgIpc) is 2.79. The lowest BCUT2D eigenvalue weighted by atomic mass is 10.1. The molecule has 0 amide bonds. The van der Waals surface area contributed by atoms with Crippen molar-refractivity contribution < 1.29 is 0 Å². The summed E-state index contributed by atoms with van der Waals surface area (Å²) in [6, 6.07) is 8.71. The van der Waals surface area contributed by atoms with Gasteiger partial charge in [0.25, 0.3) is 0 Å². The van der Waals surface area contributed by atoms with Gasteiger partial charge < -0.3 is 5.32 Å². The number of nitrogens with zero attached hydrogens (tertiary/aromatic N) is 2. The Balaban J connectivity index is 1.90. The quantitative estimate of drug-likeness (QED) is 0.769. The highest BCUT2D eigenvalue weighted by Gasteiger charge is 2.12. The molecule has 0 aliphatic heterocycles. The van der Waals surface area contributed by atoms with Crippen LogP contribution in [0.2, 0.25) is 0 Å². The lowest BCUT2D eigenvalue weighted by Gasteiger charge is -2.08. The molecule has 1 heterocycles. The Labute approximate surface area is 135 Å². The van der Waals surface area contributed by atoms with Crippen LogP contribution in [0.25, 0.3) is 0 Å². The van der Waals surface area contributed by atoms with Gasteiger partial charge in [-0.05, 0) is 54.7 Å². The smallest absolute Gasteiger partial charge is 0.0767 e. The summed E-state index contributed by atoms with van der Waals surface area (Å²) in [6.45, 7) is 9.16. The van der Waals surface area contributed by atoms with Crippen LogP contribution >= 0.6 is 15.9 Å². The zero-order valence-electron chi connectivity index (χ0n) is 13.1. The van der Waals surface area contributed by atoms with E-state index in [4.69, 9.17) is 0 Å². The molecule has 3 nitrogen and oxygen atoms in total. The summed E-state index contributed by atoms with van der Waals surface area (Å²) in [7, 11) is 0. The Morgan fingerprint density at radius 3 is 2.76 bits per heavy atom. The van der Waals surface area contributed by atoms with Crippen molar-refractivity contribution in [2.24, 2.45) is 0 Å². The summed E-state index contributed by atoms with van der Waals surface area (Å²) in [5, 5.41) is 8.16. The molecule has 114 valence electrons. The Kier molecular flexibility index (Phi) is 6.00. The van der Waals surface area contributed by atoms with Crippen LogP contribution in [0.1, 0.15) is 36.4 Å². The summed E-state index contributed by atoms with van der Waals surface area (Å²) in [5.74, 6) is 0. The Morgan fingerprint density at radius 2 is 2.10 bits per heavy atom. The van der Waals surface area contributed by atoms with Gasteiger partial charge in [-0.15, -0.1) is 0 Å². The largest absolute Gasteiger partial charge is 0.311 e. The molecule has 4 heteroatoms. The molecule has 0 atom stereocenters. The molecule has 0 aliphatic rings. The fraction of sp³-hybridized carbons (Fsp3) is 0.471. The molecule has 21 heavy (non-hydrogen) atoms. The summed E-state index contributed by atoms with van der Waals surface area (Å²) < 4.78 is 3.25. The minimum absolute atomic E-state index is 0.854. The Hall–Kier alpha value is -1.13. The normalized spacial score (nSPS) is 11.0. The number of hydrogen-bond acceptors (Lipinski definition) is 2. The van der Waals surface area contributed by atoms with Crippen molar-refractivity contribution in [3.05, 3.63) is 51.3 Å². The van der Waals surface area contributed by atoms with Gasteiger partial charge in [-0.25, -0.2) is 0 Å². The van der Waals surface area contributed by atoms with E-state index in [0.29, 0.717) is 0 Å². The average molecular weight is 350 g/mol. The molecule has 2 aromatic rings. The van der Waals surface area contributed by atoms with E-state index >= 15 is 0 Å². The highest BCUT2D eigenvalue weighted by molar-refractivity contribution is 9.10. The standard InChI is InChI=1S/C17H24BrN3/c1-4-15-17(18)16(21(5-2)20-15)12-19-10-9-14-8-6-7-13(3)11-14/h6-8,11,19H,4-5,9-10,12H2,1-3H3. The van der Waals surface area contributed by atoms with Gasteiger partial charge in [0.1, 0.15) is 0 Å². The molecular weight excluding hydrogens is 326 g/mol. The van der Waals surface area contributed by atoms with E-state index in [1.54, 1.807) is 0 Å². The zero-order valence-corrected chi connectivity index (χ0v) is 14.7. The minimum atomic E-state index is 0.854. The lowest BCUT2D eigenvalue weighted by molar-refractivity contribution is 0.577. The van der Waals surface area contributed by atoms with Gasteiger partial charge in [0.2, 0.25) is 0 Å². The first-order valence-corrected chi connectivity index (χ1v) is 8.45.